The first-order valence-electron chi connectivity index (χ1n) is 11.8. The van der Waals surface area contributed by atoms with Gasteiger partial charge in [-0.3, -0.25) is 0 Å². The largest absolute Gasteiger partial charge is 0.496 e. The molecule has 0 unspecified atom stereocenters. The number of hydrogen-bond donors (Lipinski definition) is 0. The lowest BCUT2D eigenvalue weighted by Gasteiger charge is -2.28. The van der Waals surface area contributed by atoms with Gasteiger partial charge in [0.25, 0.3) is 0 Å². The molecule has 0 saturated carbocycles. The minimum absolute atomic E-state index is 0.621. The van der Waals surface area contributed by atoms with E-state index in [1.54, 1.807) is 14.2 Å². The summed E-state index contributed by atoms with van der Waals surface area (Å²) in [7, 11) is 3.49. The maximum atomic E-state index is 5.84. The lowest BCUT2D eigenvalue weighted by atomic mass is 9.77. The molecule has 1 aliphatic carbocycles. The Labute approximate surface area is 191 Å². The first-order chi connectivity index (χ1) is 15.6. The van der Waals surface area contributed by atoms with Gasteiger partial charge in [-0.1, -0.05) is 53.6 Å². The standard InChI is InChI=1S/C30H32O2/c1-19-15-20(2)17-21(16-19)11-12-22-7-5-8-24-23(22)13-14-25-26-9-6-10-28(31-3)30(26)29(32-4)18-27(24)25/h6,9-10,13-18,22H,5,7-8,11-12H2,1-4H3/t22-/m0/s1. The molecule has 0 saturated heterocycles. The molecule has 2 heteroatoms. The van der Waals surface area contributed by atoms with E-state index in [9.17, 15) is 0 Å². The zero-order valence-electron chi connectivity index (χ0n) is 19.6. The number of methoxy groups -OCH3 is 2. The maximum absolute atomic E-state index is 5.84. The lowest BCUT2D eigenvalue weighted by molar-refractivity contribution is 0.405. The van der Waals surface area contributed by atoms with Gasteiger partial charge >= 0.3 is 0 Å². The Kier molecular flexibility index (Phi) is 5.55. The van der Waals surface area contributed by atoms with Gasteiger partial charge in [0, 0.05) is 0 Å². The van der Waals surface area contributed by atoms with Gasteiger partial charge in [0.15, 0.2) is 0 Å². The highest BCUT2D eigenvalue weighted by atomic mass is 16.5. The van der Waals surface area contributed by atoms with Crippen LogP contribution in [0.25, 0.3) is 21.5 Å². The lowest BCUT2D eigenvalue weighted by Crippen LogP contribution is -2.11. The zero-order chi connectivity index (χ0) is 22.2. The van der Waals surface area contributed by atoms with Gasteiger partial charge in [0.2, 0.25) is 0 Å². The van der Waals surface area contributed by atoms with E-state index in [4.69, 9.17) is 9.47 Å². The molecule has 0 amide bonds. The summed E-state index contributed by atoms with van der Waals surface area (Å²) in [6, 6.07) is 20.2. The molecular formula is C30H32O2. The average Bonchev–Trinajstić information content (AvgIpc) is 2.80. The SMILES string of the molecule is COc1cccc2c1c(OC)cc1c3c(ccc12)[C@H](CCc1cc(C)cc(C)c1)CCC3. The predicted octanol–water partition coefficient (Wildman–Crippen LogP) is 7.68. The second-order valence-corrected chi connectivity index (χ2v) is 9.31. The molecule has 4 aromatic rings. The molecule has 5 rings (SSSR count). The minimum Gasteiger partial charge on any atom is -0.496 e. The summed E-state index contributed by atoms with van der Waals surface area (Å²) in [5.74, 6) is 2.39. The van der Waals surface area contributed by atoms with Crippen LogP contribution in [0.2, 0.25) is 0 Å². The topological polar surface area (TPSA) is 18.5 Å². The van der Waals surface area contributed by atoms with E-state index in [-0.39, 0.29) is 0 Å². The second-order valence-electron chi connectivity index (χ2n) is 9.31. The van der Waals surface area contributed by atoms with Crippen molar-refractivity contribution in [2.24, 2.45) is 0 Å². The number of benzene rings is 4. The van der Waals surface area contributed by atoms with Crippen LogP contribution in [0, 0.1) is 13.8 Å². The molecule has 0 aliphatic heterocycles. The van der Waals surface area contributed by atoms with Gasteiger partial charge < -0.3 is 9.47 Å². The normalized spacial score (nSPS) is 15.7. The van der Waals surface area contributed by atoms with E-state index in [0.29, 0.717) is 5.92 Å². The first-order valence-corrected chi connectivity index (χ1v) is 11.8. The molecule has 0 radical (unpaired) electrons. The Morgan fingerprint density at radius 2 is 1.59 bits per heavy atom. The third-order valence-electron chi connectivity index (χ3n) is 7.15. The molecule has 0 spiro atoms. The number of rotatable bonds is 5. The van der Waals surface area contributed by atoms with Crippen LogP contribution in [0.4, 0.5) is 0 Å². The number of hydrogen-bond acceptors (Lipinski definition) is 2. The van der Waals surface area contributed by atoms with E-state index < -0.39 is 0 Å². The van der Waals surface area contributed by atoms with Crippen LogP contribution in [0.15, 0.2) is 54.6 Å². The molecule has 0 aromatic heterocycles. The van der Waals surface area contributed by atoms with Crippen molar-refractivity contribution in [1.29, 1.82) is 0 Å². The van der Waals surface area contributed by atoms with Gasteiger partial charge in [-0.05, 0) is 96.9 Å². The Morgan fingerprint density at radius 1 is 0.812 bits per heavy atom. The fraction of sp³-hybridized carbons (Fsp3) is 0.333. The zero-order valence-corrected chi connectivity index (χ0v) is 19.6. The van der Waals surface area contributed by atoms with E-state index in [1.165, 1.54) is 63.2 Å². The van der Waals surface area contributed by atoms with Crippen molar-refractivity contribution < 1.29 is 9.47 Å². The monoisotopic (exact) mass is 424 g/mol. The van der Waals surface area contributed by atoms with Crippen LogP contribution in [-0.2, 0) is 12.8 Å². The summed E-state index contributed by atoms with van der Waals surface area (Å²) >= 11 is 0. The average molecular weight is 425 g/mol. The van der Waals surface area contributed by atoms with Crippen molar-refractivity contribution in [3.05, 3.63) is 82.4 Å². The molecule has 32 heavy (non-hydrogen) atoms. The number of aryl methyl sites for hydroxylation is 4. The summed E-state index contributed by atoms with van der Waals surface area (Å²) in [6.45, 7) is 4.40. The Balaban J connectivity index is 1.58. The van der Waals surface area contributed by atoms with Crippen molar-refractivity contribution in [2.75, 3.05) is 14.2 Å². The summed E-state index contributed by atoms with van der Waals surface area (Å²) in [4.78, 5) is 0. The minimum atomic E-state index is 0.621. The van der Waals surface area contributed by atoms with Gasteiger partial charge in [0.05, 0.1) is 19.6 Å². The van der Waals surface area contributed by atoms with Crippen molar-refractivity contribution in [3.8, 4) is 11.5 Å². The smallest absolute Gasteiger partial charge is 0.131 e. The Morgan fingerprint density at radius 3 is 2.34 bits per heavy atom. The molecule has 164 valence electrons. The van der Waals surface area contributed by atoms with Crippen LogP contribution >= 0.6 is 0 Å². The fourth-order valence-electron chi connectivity index (χ4n) is 5.82. The van der Waals surface area contributed by atoms with Crippen LogP contribution in [0.1, 0.15) is 53.0 Å². The van der Waals surface area contributed by atoms with Crippen molar-refractivity contribution in [2.45, 2.75) is 51.9 Å². The van der Waals surface area contributed by atoms with Gasteiger partial charge in [-0.25, -0.2) is 0 Å². The highest BCUT2D eigenvalue weighted by Crippen LogP contribution is 2.44. The third kappa shape index (κ3) is 3.62. The van der Waals surface area contributed by atoms with Gasteiger partial charge in [0.1, 0.15) is 11.5 Å². The molecule has 4 aromatic carbocycles. The van der Waals surface area contributed by atoms with Crippen LogP contribution in [0.3, 0.4) is 0 Å². The predicted molar refractivity (Wildman–Crippen MR) is 134 cm³/mol. The van der Waals surface area contributed by atoms with Crippen molar-refractivity contribution >= 4 is 21.5 Å². The van der Waals surface area contributed by atoms with Gasteiger partial charge in [-0.2, -0.15) is 0 Å². The molecule has 0 bridgehead atoms. The molecule has 0 N–H and O–H groups in total. The van der Waals surface area contributed by atoms with E-state index in [1.807, 2.05) is 6.07 Å². The number of fused-ring (bicyclic) bond motifs is 5. The molecule has 0 fully saturated rings. The van der Waals surface area contributed by atoms with Crippen molar-refractivity contribution in [1.82, 2.24) is 0 Å². The molecule has 2 nitrogen and oxygen atoms in total. The van der Waals surface area contributed by atoms with Crippen molar-refractivity contribution in [3.63, 3.8) is 0 Å². The fourth-order valence-corrected chi connectivity index (χ4v) is 5.82. The summed E-state index contributed by atoms with van der Waals surface area (Å²) in [6.07, 6.45) is 6.03. The summed E-state index contributed by atoms with van der Waals surface area (Å²) in [5.41, 5.74) is 7.25. The highest BCUT2D eigenvalue weighted by Gasteiger charge is 2.23. The van der Waals surface area contributed by atoms with Crippen LogP contribution in [0.5, 0.6) is 11.5 Å². The Bertz CT molecular complexity index is 1280. The summed E-state index contributed by atoms with van der Waals surface area (Å²) < 4.78 is 11.5. The van der Waals surface area contributed by atoms with E-state index >= 15 is 0 Å². The quantitative estimate of drug-likeness (QED) is 0.306. The third-order valence-corrected chi connectivity index (χ3v) is 7.15. The first kappa shape index (κ1) is 20.9. The number of ether oxygens (including phenoxy) is 2. The summed E-state index contributed by atoms with van der Waals surface area (Å²) in [5, 5.41) is 4.91. The van der Waals surface area contributed by atoms with Crippen LogP contribution in [-0.4, -0.2) is 14.2 Å². The molecular weight excluding hydrogens is 392 g/mol. The van der Waals surface area contributed by atoms with Gasteiger partial charge in [-0.15, -0.1) is 0 Å². The van der Waals surface area contributed by atoms with E-state index in [0.717, 1.165) is 29.7 Å². The molecule has 1 atom stereocenters. The Hall–Kier alpha value is -3.00. The highest BCUT2D eigenvalue weighted by molar-refractivity contribution is 6.13. The van der Waals surface area contributed by atoms with E-state index in [2.05, 4.69) is 62.4 Å². The molecule has 0 heterocycles. The molecule has 1 aliphatic rings. The van der Waals surface area contributed by atoms with Crippen LogP contribution < -0.4 is 9.47 Å². The maximum Gasteiger partial charge on any atom is 0.131 e. The second kappa shape index (κ2) is 8.50.